The molecular formula is C10H11FO2. The van der Waals surface area contributed by atoms with E-state index >= 15 is 0 Å². The first kappa shape index (κ1) is 8.51. The highest BCUT2D eigenvalue weighted by atomic mass is 19.1. The number of halogens is 1. The maximum absolute atomic E-state index is 12.9. The first-order valence-electron chi connectivity index (χ1n) is 4.35. The van der Waals surface area contributed by atoms with Gasteiger partial charge in [0.25, 0.3) is 0 Å². The minimum absolute atomic E-state index is 0.0391. The van der Waals surface area contributed by atoms with Crippen LogP contribution in [0.5, 0.6) is 5.75 Å². The normalized spacial score (nSPS) is 20.0. The number of rotatable bonds is 3. The van der Waals surface area contributed by atoms with Crippen LogP contribution in [0.3, 0.4) is 0 Å². The van der Waals surface area contributed by atoms with E-state index in [0.29, 0.717) is 13.2 Å². The van der Waals surface area contributed by atoms with Crippen LogP contribution in [0, 0.1) is 5.82 Å². The van der Waals surface area contributed by atoms with E-state index < -0.39 is 0 Å². The fourth-order valence-electron chi connectivity index (χ4n) is 1.29. The third-order valence-corrected chi connectivity index (χ3v) is 1.95. The highest BCUT2D eigenvalue weighted by Crippen LogP contribution is 2.36. The van der Waals surface area contributed by atoms with Gasteiger partial charge in [-0.15, -0.1) is 0 Å². The van der Waals surface area contributed by atoms with Gasteiger partial charge in [0, 0.05) is 5.56 Å². The van der Waals surface area contributed by atoms with Crippen molar-refractivity contribution in [2.24, 2.45) is 0 Å². The fraction of sp³-hybridized carbons (Fsp3) is 0.400. The summed E-state index contributed by atoms with van der Waals surface area (Å²) < 4.78 is 23.3. The topological polar surface area (TPSA) is 21.8 Å². The molecule has 1 unspecified atom stereocenters. The van der Waals surface area contributed by atoms with Gasteiger partial charge >= 0.3 is 0 Å². The van der Waals surface area contributed by atoms with Gasteiger partial charge in [-0.1, -0.05) is 0 Å². The number of hydrogen-bond donors (Lipinski definition) is 0. The first-order valence-corrected chi connectivity index (χ1v) is 4.35. The molecule has 70 valence electrons. The van der Waals surface area contributed by atoms with E-state index in [1.54, 1.807) is 6.07 Å². The van der Waals surface area contributed by atoms with E-state index in [1.807, 2.05) is 6.92 Å². The summed E-state index contributed by atoms with van der Waals surface area (Å²) in [6.07, 6.45) is 0.0391. The van der Waals surface area contributed by atoms with E-state index in [1.165, 1.54) is 12.1 Å². The van der Waals surface area contributed by atoms with Gasteiger partial charge in [-0.3, -0.25) is 0 Å². The minimum atomic E-state index is -0.242. The second-order valence-electron chi connectivity index (χ2n) is 2.94. The Bertz CT molecular complexity index is 308. The average molecular weight is 182 g/mol. The van der Waals surface area contributed by atoms with Crippen LogP contribution in [-0.2, 0) is 4.74 Å². The highest BCUT2D eigenvalue weighted by molar-refractivity contribution is 5.37. The molecule has 1 aromatic rings. The molecule has 1 atom stereocenters. The Labute approximate surface area is 76.3 Å². The maximum atomic E-state index is 12.9. The lowest BCUT2D eigenvalue weighted by molar-refractivity contribution is 0.328. The molecule has 1 aliphatic rings. The molecule has 2 rings (SSSR count). The molecule has 0 radical (unpaired) electrons. The van der Waals surface area contributed by atoms with Crippen LogP contribution in [0.2, 0.25) is 0 Å². The summed E-state index contributed by atoms with van der Waals surface area (Å²) in [5.74, 6) is 0.486. The van der Waals surface area contributed by atoms with Crippen LogP contribution in [0.15, 0.2) is 18.2 Å². The van der Waals surface area contributed by atoms with E-state index in [-0.39, 0.29) is 11.9 Å². The maximum Gasteiger partial charge on any atom is 0.125 e. The molecule has 0 aliphatic carbocycles. The monoisotopic (exact) mass is 182 g/mol. The molecule has 13 heavy (non-hydrogen) atoms. The van der Waals surface area contributed by atoms with Crippen molar-refractivity contribution in [3.05, 3.63) is 29.6 Å². The zero-order valence-corrected chi connectivity index (χ0v) is 7.42. The van der Waals surface area contributed by atoms with Gasteiger partial charge in [-0.2, -0.15) is 0 Å². The molecule has 1 aromatic carbocycles. The van der Waals surface area contributed by atoms with Crippen molar-refractivity contribution >= 4 is 0 Å². The summed E-state index contributed by atoms with van der Waals surface area (Å²) in [5, 5.41) is 0. The number of hydrogen-bond acceptors (Lipinski definition) is 2. The molecule has 1 saturated heterocycles. The van der Waals surface area contributed by atoms with Gasteiger partial charge in [0.15, 0.2) is 0 Å². The smallest absolute Gasteiger partial charge is 0.125 e. The zero-order chi connectivity index (χ0) is 9.26. The van der Waals surface area contributed by atoms with Crippen molar-refractivity contribution in [1.29, 1.82) is 0 Å². The lowest BCUT2D eigenvalue weighted by atomic mass is 10.1. The molecule has 0 aromatic heterocycles. The molecule has 1 aliphatic heterocycles. The molecule has 0 amide bonds. The van der Waals surface area contributed by atoms with Crippen molar-refractivity contribution in [2.45, 2.75) is 13.0 Å². The summed E-state index contributed by atoms with van der Waals surface area (Å²) in [7, 11) is 0. The molecule has 0 N–H and O–H groups in total. The van der Waals surface area contributed by atoms with E-state index in [2.05, 4.69) is 0 Å². The van der Waals surface area contributed by atoms with Crippen LogP contribution < -0.4 is 4.74 Å². The van der Waals surface area contributed by atoms with E-state index in [0.717, 1.165) is 11.3 Å². The van der Waals surface area contributed by atoms with Gasteiger partial charge in [0.1, 0.15) is 17.7 Å². The molecule has 0 saturated carbocycles. The van der Waals surface area contributed by atoms with Crippen molar-refractivity contribution in [1.82, 2.24) is 0 Å². The van der Waals surface area contributed by atoms with Gasteiger partial charge in [-0.25, -0.2) is 4.39 Å². The van der Waals surface area contributed by atoms with Gasteiger partial charge in [-0.05, 0) is 25.1 Å². The van der Waals surface area contributed by atoms with E-state index in [9.17, 15) is 4.39 Å². The Hall–Kier alpha value is -1.09. The predicted octanol–water partition coefficient (Wildman–Crippen LogP) is 2.30. The predicted molar refractivity (Wildman–Crippen MR) is 46.3 cm³/mol. The SMILES string of the molecule is CCOc1ccc(F)cc1C1CO1. The first-order chi connectivity index (χ1) is 6.31. The summed E-state index contributed by atoms with van der Waals surface area (Å²) in [5.41, 5.74) is 0.821. The zero-order valence-electron chi connectivity index (χ0n) is 7.42. The molecule has 0 spiro atoms. The fourth-order valence-corrected chi connectivity index (χ4v) is 1.29. The lowest BCUT2D eigenvalue weighted by Gasteiger charge is -2.07. The Morgan fingerprint density at radius 3 is 3.00 bits per heavy atom. The van der Waals surface area contributed by atoms with Crippen LogP contribution >= 0.6 is 0 Å². The standard InChI is InChI=1S/C10H11FO2/c1-2-12-9-4-3-7(11)5-8(9)10-6-13-10/h3-5,10H,2,6H2,1H3. The van der Waals surface area contributed by atoms with Crippen LogP contribution in [0.1, 0.15) is 18.6 Å². The van der Waals surface area contributed by atoms with Crippen LogP contribution in [-0.4, -0.2) is 13.2 Å². The average Bonchev–Trinajstić information content (AvgIpc) is 2.91. The van der Waals surface area contributed by atoms with Crippen molar-refractivity contribution in [3.63, 3.8) is 0 Å². The van der Waals surface area contributed by atoms with Crippen LogP contribution in [0.4, 0.5) is 4.39 Å². The number of benzene rings is 1. The third-order valence-electron chi connectivity index (χ3n) is 1.95. The van der Waals surface area contributed by atoms with E-state index in [4.69, 9.17) is 9.47 Å². The molecule has 1 fully saturated rings. The number of ether oxygens (including phenoxy) is 2. The minimum Gasteiger partial charge on any atom is -0.493 e. The quantitative estimate of drug-likeness (QED) is 0.669. The molecule has 0 bridgehead atoms. The van der Waals surface area contributed by atoms with Gasteiger partial charge < -0.3 is 9.47 Å². The molecule has 3 heteroatoms. The largest absolute Gasteiger partial charge is 0.493 e. The second kappa shape index (κ2) is 3.34. The van der Waals surface area contributed by atoms with Crippen molar-refractivity contribution < 1.29 is 13.9 Å². The lowest BCUT2D eigenvalue weighted by Crippen LogP contribution is -1.96. The third kappa shape index (κ3) is 1.80. The molecule has 2 nitrogen and oxygen atoms in total. The van der Waals surface area contributed by atoms with Crippen LogP contribution in [0.25, 0.3) is 0 Å². The molecule has 1 heterocycles. The Balaban J connectivity index is 2.30. The summed E-state index contributed by atoms with van der Waals surface area (Å²) in [6.45, 7) is 3.16. The summed E-state index contributed by atoms with van der Waals surface area (Å²) in [6, 6.07) is 4.52. The Morgan fingerprint density at radius 1 is 1.62 bits per heavy atom. The molecular weight excluding hydrogens is 171 g/mol. The van der Waals surface area contributed by atoms with Gasteiger partial charge in [0.2, 0.25) is 0 Å². The summed E-state index contributed by atoms with van der Waals surface area (Å²) in [4.78, 5) is 0. The highest BCUT2D eigenvalue weighted by Gasteiger charge is 2.28. The van der Waals surface area contributed by atoms with Gasteiger partial charge in [0.05, 0.1) is 13.2 Å². The van der Waals surface area contributed by atoms with Crippen molar-refractivity contribution in [3.8, 4) is 5.75 Å². The van der Waals surface area contributed by atoms with Crippen molar-refractivity contribution in [2.75, 3.05) is 13.2 Å². The number of epoxide rings is 1. The Morgan fingerprint density at radius 2 is 2.38 bits per heavy atom. The second-order valence-corrected chi connectivity index (χ2v) is 2.94. The Kier molecular flexibility index (Phi) is 2.19. The summed E-state index contributed by atoms with van der Waals surface area (Å²) >= 11 is 0.